The van der Waals surface area contributed by atoms with Crippen LogP contribution in [-0.4, -0.2) is 201 Å². The highest BCUT2D eigenvalue weighted by atomic mass is 35.5. The SMILES string of the molecule is C.CC(C)(C)[Si](C)(C)OCCNc1ccccc1.CCCN(C(=O)CCl)c1ccccc1.CCCN(C(=O)Cn1cc(CC(=O)NO)c2ccccc21)c1ccccc1.CCCN(C(=O)Cn1cc(CC(=O)OC)c2ccccc21)c1ccccc1.CCN(CC)CC.NO.O=C(CO)Cc1c[nH]c2ccccc12.O=C(Cc1cn(CC(=O)N(CCO)c2ccccc2)c2ccccc12)NO.O=C(Cl)CCl. The number of benzene rings is 9. The standard InChI is InChI=1S/C22H24N2O3.C21H23N3O3.C20H21N3O4.C14H25NOSi.C11H14ClNO.C11H11NO2.C6H15N.C2H2Cl2O.CH4.H3NO/c1-3-13-24(18-9-5-4-6-10-18)21(25)16-23-15-17(14-22(26)27-2)19-11-7-8-12-20(19)23;1-2-12-24(17-8-4-3-5-9-17)21(26)15-23-14-16(13-20(25)22-27)18-10-6-7-11-19(18)23;24-11-10-23(16-6-2-1-3-7-16)20(26)14-22-13-15(12-19(25)21-27)17-8-4-5-9-18(17)22;1-14(2,3)17(4,5)16-12-11-15-13-9-7-6-8-10-13;1-2-8-13(11(14)9-12)10-6-4-3-5-7-10;13-7-9(14)5-8-6-12-11-4-2-1-3-10(8)11;1-4-7(5-2)6-3;3-1-2(4)5;;1-2/h4-12,15H,3,13-14,16H2,1-2H3;3-11,14,27H,2,12-13,15H2,1H3,(H,22,25);1-9,13,24,27H,10-12,14H2,(H,21,25);6-10,15H,11-12H2,1-5H3;3-7H,2,8-9H2,1H3;1-4,6,12-13H,5,7H2;4-6H2,1-3H3;1H2;1H4;2H,1H2. The van der Waals surface area contributed by atoms with Crippen LogP contribution >= 0.6 is 34.8 Å². The lowest BCUT2D eigenvalue weighted by Gasteiger charge is -2.36. The largest absolute Gasteiger partial charge is 0.469 e. The highest BCUT2D eigenvalue weighted by Gasteiger charge is 2.37. The summed E-state index contributed by atoms with van der Waals surface area (Å²) in [5.41, 5.74) is 14.8. The Kier molecular flexibility index (Phi) is 56.6. The number of fused-ring (bicyclic) bond motifs is 4. The summed E-state index contributed by atoms with van der Waals surface area (Å²) in [7, 11) is -0.201. The molecule has 141 heavy (non-hydrogen) atoms. The maximum Gasteiger partial charge on any atom is 0.310 e. The normalized spacial score (nSPS) is 10.5. The van der Waals surface area contributed by atoms with Crippen molar-refractivity contribution in [3.8, 4) is 0 Å². The minimum absolute atomic E-state index is 0. The first-order chi connectivity index (χ1) is 67.4. The number of carbonyl (C=O) groups is 9. The van der Waals surface area contributed by atoms with Gasteiger partial charge in [0.15, 0.2) is 14.1 Å². The molecule has 0 aliphatic carbocycles. The number of esters is 1. The van der Waals surface area contributed by atoms with E-state index < -0.39 is 25.4 Å². The lowest BCUT2D eigenvalue weighted by molar-refractivity contribution is -0.140. The van der Waals surface area contributed by atoms with Gasteiger partial charge in [-0.2, -0.15) is 0 Å². The summed E-state index contributed by atoms with van der Waals surface area (Å²) in [6.45, 7) is 31.4. The number of hydrogen-bond acceptors (Lipinski definition) is 19. The quantitative estimate of drug-likeness (QED) is 0.00329. The van der Waals surface area contributed by atoms with Crippen LogP contribution in [-0.2, 0) is 97.6 Å². The summed E-state index contributed by atoms with van der Waals surface area (Å²) in [5.74, 6) is 1.79. The van der Waals surface area contributed by atoms with Crippen LogP contribution in [0.15, 0.2) is 274 Å². The number of amides is 6. The number of aromatic nitrogens is 4. The van der Waals surface area contributed by atoms with Crippen molar-refractivity contribution in [2.75, 3.05) is 116 Å². The van der Waals surface area contributed by atoms with Crippen molar-refractivity contribution in [3.63, 3.8) is 0 Å². The first-order valence-electron chi connectivity index (χ1n) is 46.5. The minimum atomic E-state index is -1.58. The zero-order valence-corrected chi connectivity index (χ0v) is 85.5. The Labute approximate surface area is 845 Å². The van der Waals surface area contributed by atoms with Crippen LogP contribution in [0.1, 0.15) is 111 Å². The van der Waals surface area contributed by atoms with E-state index in [0.29, 0.717) is 30.2 Å². The van der Waals surface area contributed by atoms with Crippen molar-refractivity contribution in [1.82, 2.24) is 34.5 Å². The number of hydroxylamine groups is 2. The van der Waals surface area contributed by atoms with Gasteiger partial charge in [0.2, 0.25) is 40.7 Å². The third-order valence-electron chi connectivity index (χ3n) is 22.5. The molecule has 13 aromatic rings. The molecule has 4 heterocycles. The lowest BCUT2D eigenvalue weighted by Crippen LogP contribution is -2.41. The Morgan fingerprint density at radius 2 is 0.766 bits per heavy atom. The Morgan fingerprint density at radius 1 is 0.440 bits per heavy atom. The predicted molar refractivity (Wildman–Crippen MR) is 573 cm³/mol. The number of rotatable bonds is 37. The Balaban J connectivity index is 0.000000348. The van der Waals surface area contributed by atoms with Crippen molar-refractivity contribution >= 4 is 168 Å². The fourth-order valence-corrected chi connectivity index (χ4v) is 15.7. The molecule has 11 N–H and O–H groups in total. The number of Topliss-reactive ketones (excluding diaryl/α,β-unsaturated/α-hetero) is 1. The van der Waals surface area contributed by atoms with Gasteiger partial charge in [0.1, 0.15) is 32.1 Å². The number of anilines is 5. The topological polar surface area (TPSA) is 382 Å². The zero-order valence-electron chi connectivity index (χ0n) is 82.3. The van der Waals surface area contributed by atoms with Crippen LogP contribution in [0.4, 0.5) is 28.4 Å². The molecule has 0 unspecified atom stereocenters. The van der Waals surface area contributed by atoms with Gasteiger partial charge in [-0.15, -0.1) is 23.2 Å². The summed E-state index contributed by atoms with van der Waals surface area (Å²) in [6.07, 6.45) is 10.5. The fourth-order valence-electron chi connectivity index (χ4n) is 14.5. The number of nitrogens with zero attached hydrogens (tertiary/aromatic N) is 8. The van der Waals surface area contributed by atoms with Gasteiger partial charge in [-0.05, 0) is 176 Å². The van der Waals surface area contributed by atoms with Gasteiger partial charge in [-0.25, -0.2) is 16.9 Å². The average Bonchev–Trinajstić information content (AvgIpc) is 1.58. The molecule has 33 heteroatoms. The number of alkyl halides is 2. The van der Waals surface area contributed by atoms with Gasteiger partial charge in [-0.1, -0.05) is 234 Å². The first-order valence-corrected chi connectivity index (χ1v) is 50.9. The number of methoxy groups -OCH3 is 1. The summed E-state index contributed by atoms with van der Waals surface area (Å²) in [5, 5.41) is 49.0. The lowest BCUT2D eigenvalue weighted by atomic mass is 10.1. The van der Waals surface area contributed by atoms with Crippen LogP contribution in [0.2, 0.25) is 18.1 Å². The van der Waals surface area contributed by atoms with Gasteiger partial charge in [0, 0.05) is 136 Å². The van der Waals surface area contributed by atoms with Crippen molar-refractivity contribution < 1.29 is 78.1 Å². The number of nitrogens with two attached hydrogens (primary N) is 1. The number of aliphatic hydroxyl groups is 2. The third kappa shape index (κ3) is 40.1. The van der Waals surface area contributed by atoms with Crippen LogP contribution in [0.25, 0.3) is 43.6 Å². The van der Waals surface area contributed by atoms with Gasteiger partial charge < -0.3 is 73.1 Å². The molecule has 0 aliphatic heterocycles. The molecule has 0 atom stereocenters. The van der Waals surface area contributed by atoms with Gasteiger partial charge in [-0.3, -0.25) is 53.6 Å². The number of aromatic amines is 1. The number of nitrogens with one attached hydrogen (secondary N) is 4. The highest BCUT2D eigenvalue weighted by molar-refractivity contribution is 6.74. The number of ether oxygens (including phenoxy) is 1. The fraction of sp³-hybridized carbons (Fsp3) is 0.343. The van der Waals surface area contributed by atoms with E-state index in [9.17, 15) is 48.3 Å². The molecule has 0 saturated carbocycles. The van der Waals surface area contributed by atoms with E-state index in [1.165, 1.54) is 31.6 Å². The minimum Gasteiger partial charge on any atom is -0.469 e. The van der Waals surface area contributed by atoms with Crippen molar-refractivity contribution in [2.24, 2.45) is 5.90 Å². The number of H-pyrrole nitrogens is 1. The molecule has 0 aliphatic rings. The van der Waals surface area contributed by atoms with Crippen molar-refractivity contribution in [2.45, 2.75) is 152 Å². The van der Waals surface area contributed by atoms with E-state index in [0.717, 1.165) is 128 Å². The molecule has 29 nitrogen and oxygen atoms in total. The molecule has 0 spiro atoms. The second-order valence-electron chi connectivity index (χ2n) is 33.2. The molecular weight excluding hydrogens is 1870 g/mol. The van der Waals surface area contributed by atoms with E-state index in [-0.39, 0.29) is 113 Å². The number of carbonyl (C=O) groups excluding carboxylic acids is 9. The first kappa shape index (κ1) is 121. The maximum atomic E-state index is 13.0. The second kappa shape index (κ2) is 66.1. The zero-order chi connectivity index (χ0) is 103. The molecule has 6 amide bonds. The molecule has 760 valence electrons. The van der Waals surface area contributed by atoms with Crippen LogP contribution < -0.4 is 41.8 Å². The molecule has 13 rings (SSSR count). The number of halogens is 3. The summed E-state index contributed by atoms with van der Waals surface area (Å²) in [4.78, 5) is 118. The smallest absolute Gasteiger partial charge is 0.310 e. The molecule has 0 radical (unpaired) electrons. The van der Waals surface area contributed by atoms with E-state index in [2.05, 4.69) is 94.8 Å². The molecule has 4 aromatic heterocycles. The van der Waals surface area contributed by atoms with E-state index in [1.807, 2.05) is 283 Å². The van der Waals surface area contributed by atoms with Gasteiger partial charge >= 0.3 is 5.97 Å². The third-order valence-corrected chi connectivity index (χ3v) is 27.7. The summed E-state index contributed by atoms with van der Waals surface area (Å²) >= 11 is 15.1. The molecule has 9 aromatic carbocycles. The highest BCUT2D eigenvalue weighted by Crippen LogP contribution is 2.37. The Bertz CT molecular complexity index is 5490. The van der Waals surface area contributed by atoms with Crippen LogP contribution in [0, 0.1) is 0 Å². The number of aliphatic hydroxyl groups excluding tert-OH is 2. The van der Waals surface area contributed by atoms with Crippen LogP contribution in [0.3, 0.4) is 0 Å². The maximum absolute atomic E-state index is 13.0. The Morgan fingerprint density at radius 3 is 1.08 bits per heavy atom. The van der Waals surface area contributed by atoms with E-state index >= 15 is 0 Å². The van der Waals surface area contributed by atoms with Crippen LogP contribution in [0.5, 0.6) is 0 Å². The number of ketones is 1. The van der Waals surface area contributed by atoms with E-state index in [4.69, 9.17) is 64.7 Å². The van der Waals surface area contributed by atoms with Crippen molar-refractivity contribution in [1.29, 1.82) is 0 Å². The summed E-state index contributed by atoms with van der Waals surface area (Å²) in [6, 6.07) is 79.1. The Hall–Kier alpha value is -12.7. The average molecular weight is 2010 g/mol. The second-order valence-corrected chi connectivity index (χ2v) is 39.0. The summed E-state index contributed by atoms with van der Waals surface area (Å²) < 4.78 is 16.5. The predicted octanol–water partition coefficient (Wildman–Crippen LogP) is 19.0. The molecule has 0 fully saturated rings. The van der Waals surface area contributed by atoms with Gasteiger partial charge in [0.25, 0.3) is 0 Å². The monoisotopic (exact) mass is 2010 g/mol. The molecular formula is C108H142Cl3N13O16Si. The number of hydrogen-bond donors (Lipinski definition) is 10. The van der Waals surface area contributed by atoms with Gasteiger partial charge in [0.05, 0.1) is 45.5 Å². The van der Waals surface area contributed by atoms with E-state index in [1.54, 1.807) is 31.5 Å². The number of para-hydroxylation sites is 9. The molecule has 0 bridgehead atoms. The molecule has 0 saturated heterocycles. The van der Waals surface area contributed by atoms with Crippen molar-refractivity contribution in [3.05, 3.63) is 296 Å².